The van der Waals surface area contributed by atoms with E-state index in [1.807, 2.05) is 37.6 Å². The molecule has 0 unspecified atom stereocenters. The number of ether oxygens (including phenoxy) is 1. The first kappa shape index (κ1) is 17.1. The molecule has 0 aliphatic carbocycles. The average Bonchev–Trinajstić information content (AvgIpc) is 2.79. The number of nitrogens with one attached hydrogen (secondary N) is 1. The third kappa shape index (κ3) is 3.71. The molecule has 0 spiro atoms. The van der Waals surface area contributed by atoms with Gasteiger partial charge < -0.3 is 9.30 Å². The van der Waals surface area contributed by atoms with Gasteiger partial charge in [-0.3, -0.25) is 0 Å². The molecule has 0 aliphatic heterocycles. The fourth-order valence-corrected chi connectivity index (χ4v) is 3.74. The average molecular weight is 387 g/mol. The molecule has 1 aromatic carbocycles. The summed E-state index contributed by atoms with van der Waals surface area (Å²) in [6.45, 7) is 4.42. The van der Waals surface area contributed by atoms with Gasteiger partial charge in [0, 0.05) is 22.9 Å². The van der Waals surface area contributed by atoms with Crippen LogP contribution in [0.3, 0.4) is 0 Å². The quantitative estimate of drug-likeness (QED) is 0.829. The van der Waals surface area contributed by atoms with Crippen molar-refractivity contribution >= 4 is 26.0 Å². The van der Waals surface area contributed by atoms with Crippen molar-refractivity contribution in [2.24, 2.45) is 7.05 Å². The summed E-state index contributed by atoms with van der Waals surface area (Å²) in [5.41, 5.74) is 1.97. The second kappa shape index (κ2) is 6.85. The predicted molar refractivity (Wildman–Crippen MR) is 89.5 cm³/mol. The number of aryl methyl sites for hydroxylation is 1. The Morgan fingerprint density at radius 1 is 1.27 bits per heavy atom. The number of benzene rings is 1. The molecule has 1 N–H and O–H groups in total. The summed E-state index contributed by atoms with van der Waals surface area (Å²) in [5.74, 6) is 0.348. The van der Waals surface area contributed by atoms with Crippen LogP contribution in [-0.4, -0.2) is 19.6 Å². The lowest BCUT2D eigenvalue weighted by molar-refractivity contribution is 0.331. The lowest BCUT2D eigenvalue weighted by Gasteiger charge is -2.13. The van der Waals surface area contributed by atoms with Crippen LogP contribution in [0, 0.1) is 6.92 Å². The van der Waals surface area contributed by atoms with E-state index in [1.54, 1.807) is 18.2 Å². The van der Waals surface area contributed by atoms with Crippen molar-refractivity contribution in [1.29, 1.82) is 0 Å². The van der Waals surface area contributed by atoms with Crippen LogP contribution in [0.15, 0.2) is 39.7 Å². The smallest absolute Gasteiger partial charge is 0.244 e. The fraction of sp³-hybridized carbons (Fsp3) is 0.333. The van der Waals surface area contributed by atoms with E-state index in [4.69, 9.17) is 4.74 Å². The molecule has 0 fully saturated rings. The van der Waals surface area contributed by atoms with Crippen LogP contribution in [0.5, 0.6) is 5.75 Å². The van der Waals surface area contributed by atoms with Gasteiger partial charge in [0.25, 0.3) is 0 Å². The first-order valence-electron chi connectivity index (χ1n) is 6.88. The van der Waals surface area contributed by atoms with E-state index in [9.17, 15) is 8.42 Å². The van der Waals surface area contributed by atoms with Gasteiger partial charge in [0.05, 0.1) is 13.2 Å². The number of rotatable bonds is 6. The molecule has 0 atom stereocenters. The van der Waals surface area contributed by atoms with E-state index in [0.717, 1.165) is 11.4 Å². The lowest BCUT2D eigenvalue weighted by atomic mass is 10.3. The zero-order chi connectivity index (χ0) is 16.3. The third-order valence-corrected chi connectivity index (χ3v) is 5.33. The van der Waals surface area contributed by atoms with Gasteiger partial charge in [-0.15, -0.1) is 0 Å². The minimum atomic E-state index is -3.66. The minimum Gasteiger partial charge on any atom is -0.492 e. The molecular formula is C15H19BrN2O3S. The summed E-state index contributed by atoms with van der Waals surface area (Å²) < 4.78 is 35.8. The lowest BCUT2D eigenvalue weighted by Crippen LogP contribution is -2.25. The van der Waals surface area contributed by atoms with Crippen LogP contribution in [0.4, 0.5) is 0 Å². The van der Waals surface area contributed by atoms with Crippen molar-refractivity contribution < 1.29 is 13.2 Å². The maximum atomic E-state index is 12.6. The second-order valence-electron chi connectivity index (χ2n) is 4.87. The number of nitrogens with zero attached hydrogens (tertiary/aromatic N) is 1. The summed E-state index contributed by atoms with van der Waals surface area (Å²) in [5, 5.41) is 0. The van der Waals surface area contributed by atoms with E-state index < -0.39 is 10.0 Å². The largest absolute Gasteiger partial charge is 0.492 e. The van der Waals surface area contributed by atoms with E-state index in [2.05, 4.69) is 20.7 Å². The zero-order valence-corrected chi connectivity index (χ0v) is 15.2. The van der Waals surface area contributed by atoms with Crippen LogP contribution in [0.25, 0.3) is 0 Å². The summed E-state index contributed by atoms with van der Waals surface area (Å²) in [6, 6.07) is 8.81. The summed E-state index contributed by atoms with van der Waals surface area (Å²) in [6.07, 6.45) is 0. The van der Waals surface area contributed by atoms with Crippen LogP contribution >= 0.6 is 15.9 Å². The molecule has 2 aromatic rings. The van der Waals surface area contributed by atoms with Gasteiger partial charge in [-0.2, -0.15) is 0 Å². The predicted octanol–water partition coefficient (Wildman–Crippen LogP) is 2.97. The zero-order valence-electron chi connectivity index (χ0n) is 12.8. The Bertz CT molecular complexity index is 769. The first-order valence-corrected chi connectivity index (χ1v) is 9.16. The summed E-state index contributed by atoms with van der Waals surface area (Å²) in [4.78, 5) is 0.134. The van der Waals surface area contributed by atoms with E-state index >= 15 is 0 Å². The van der Waals surface area contributed by atoms with Gasteiger partial charge in [-0.05, 0) is 44.2 Å². The molecule has 0 aliphatic rings. The number of halogens is 1. The molecule has 2 rings (SSSR count). The van der Waals surface area contributed by atoms with Crippen LogP contribution in [0.2, 0.25) is 0 Å². The Kier molecular flexibility index (Phi) is 5.31. The summed E-state index contributed by atoms with van der Waals surface area (Å²) >= 11 is 3.30. The Balaban J connectivity index is 2.27. The Morgan fingerprint density at radius 3 is 2.59 bits per heavy atom. The van der Waals surface area contributed by atoms with Crippen LogP contribution < -0.4 is 9.46 Å². The molecule has 1 heterocycles. The van der Waals surface area contributed by atoms with Crippen molar-refractivity contribution in [3.05, 3.63) is 46.2 Å². The first-order chi connectivity index (χ1) is 10.3. The Hall–Kier alpha value is -1.31. The maximum absolute atomic E-state index is 12.6. The topological polar surface area (TPSA) is 60.3 Å². The number of hydrogen-bond donors (Lipinski definition) is 1. The van der Waals surface area contributed by atoms with Crippen molar-refractivity contribution in [1.82, 2.24) is 9.29 Å². The van der Waals surface area contributed by atoms with E-state index in [-0.39, 0.29) is 11.4 Å². The molecular weight excluding hydrogens is 368 g/mol. The summed E-state index contributed by atoms with van der Waals surface area (Å²) in [7, 11) is -1.75. The highest BCUT2D eigenvalue weighted by Crippen LogP contribution is 2.27. The highest BCUT2D eigenvalue weighted by atomic mass is 79.9. The normalized spacial score (nSPS) is 11.6. The van der Waals surface area contributed by atoms with Crippen molar-refractivity contribution in [3.63, 3.8) is 0 Å². The molecule has 0 bridgehead atoms. The van der Waals surface area contributed by atoms with Gasteiger partial charge in [0.15, 0.2) is 0 Å². The Morgan fingerprint density at radius 2 is 2.00 bits per heavy atom. The molecule has 0 saturated heterocycles. The monoisotopic (exact) mass is 386 g/mol. The minimum absolute atomic E-state index is 0.134. The SMILES string of the molecule is CCOc1ccc(Br)cc1S(=O)(=O)NCc1ccc(C)n1C. The van der Waals surface area contributed by atoms with Crippen molar-refractivity contribution in [2.75, 3.05) is 6.61 Å². The molecule has 1 aromatic heterocycles. The van der Waals surface area contributed by atoms with Crippen molar-refractivity contribution in [3.8, 4) is 5.75 Å². The van der Waals surface area contributed by atoms with Gasteiger partial charge >= 0.3 is 0 Å². The molecule has 7 heteroatoms. The molecule has 0 saturated carbocycles. The second-order valence-corrected chi connectivity index (χ2v) is 7.52. The molecule has 0 amide bonds. The van der Waals surface area contributed by atoms with E-state index in [1.165, 1.54) is 0 Å². The van der Waals surface area contributed by atoms with E-state index in [0.29, 0.717) is 16.8 Å². The van der Waals surface area contributed by atoms with Gasteiger partial charge in [0.1, 0.15) is 10.6 Å². The molecule has 0 radical (unpaired) electrons. The van der Waals surface area contributed by atoms with Crippen LogP contribution in [-0.2, 0) is 23.6 Å². The van der Waals surface area contributed by atoms with Gasteiger partial charge in [0.2, 0.25) is 10.0 Å². The van der Waals surface area contributed by atoms with Gasteiger partial charge in [-0.25, -0.2) is 13.1 Å². The highest BCUT2D eigenvalue weighted by molar-refractivity contribution is 9.10. The number of aromatic nitrogens is 1. The maximum Gasteiger partial charge on any atom is 0.244 e. The molecule has 120 valence electrons. The number of sulfonamides is 1. The van der Waals surface area contributed by atoms with Crippen LogP contribution in [0.1, 0.15) is 18.3 Å². The molecule has 22 heavy (non-hydrogen) atoms. The fourth-order valence-electron chi connectivity index (χ4n) is 2.06. The highest BCUT2D eigenvalue weighted by Gasteiger charge is 2.20. The standard InChI is InChI=1S/C15H19BrN2O3S/c1-4-21-14-8-6-12(16)9-15(14)22(19,20)17-10-13-7-5-11(2)18(13)3/h5-9,17H,4,10H2,1-3H3. The molecule has 5 nitrogen and oxygen atoms in total. The number of hydrogen-bond acceptors (Lipinski definition) is 3. The Labute approximate surface area is 139 Å². The van der Waals surface area contributed by atoms with Crippen molar-refractivity contribution in [2.45, 2.75) is 25.3 Å². The third-order valence-electron chi connectivity index (χ3n) is 3.42. The van der Waals surface area contributed by atoms with Gasteiger partial charge in [-0.1, -0.05) is 15.9 Å².